The van der Waals surface area contributed by atoms with Crippen LogP contribution in [0.25, 0.3) is 11.0 Å². The van der Waals surface area contributed by atoms with Gasteiger partial charge in [0.25, 0.3) is 0 Å². The molecule has 0 saturated carbocycles. The van der Waals surface area contributed by atoms with Crippen LogP contribution in [0, 0.1) is 0 Å². The molecule has 0 aliphatic carbocycles. The second-order valence-corrected chi connectivity index (χ2v) is 10.0. The van der Waals surface area contributed by atoms with E-state index in [1.807, 2.05) is 24.3 Å². The third-order valence-electron chi connectivity index (χ3n) is 5.40. The third kappa shape index (κ3) is 4.29. The van der Waals surface area contributed by atoms with Gasteiger partial charge in [0.1, 0.15) is 0 Å². The molecule has 10 heteroatoms. The van der Waals surface area contributed by atoms with Crippen molar-refractivity contribution in [1.29, 1.82) is 0 Å². The molecule has 3 aromatic rings. The number of benzene rings is 2. The van der Waals surface area contributed by atoms with Gasteiger partial charge < -0.3 is 9.88 Å². The number of H-pyrrole nitrogens is 1. The second kappa shape index (κ2) is 8.72. The number of para-hydroxylation sites is 2. The van der Waals surface area contributed by atoms with Crippen LogP contribution < -0.4 is 5.69 Å². The summed E-state index contributed by atoms with van der Waals surface area (Å²) in [5, 5.41) is 0.554. The molecule has 1 aromatic heterocycles. The van der Waals surface area contributed by atoms with E-state index in [1.165, 1.54) is 22.5 Å². The molecule has 1 aliphatic rings. The Labute approximate surface area is 184 Å². The molecule has 1 fully saturated rings. The van der Waals surface area contributed by atoms with Crippen LogP contribution in [0.4, 0.5) is 0 Å². The number of nitrogens with zero attached hydrogens (tertiary/aromatic N) is 3. The van der Waals surface area contributed by atoms with E-state index in [0.717, 1.165) is 24.0 Å². The van der Waals surface area contributed by atoms with E-state index in [-0.39, 0.29) is 15.6 Å². The van der Waals surface area contributed by atoms with Crippen molar-refractivity contribution in [1.82, 2.24) is 18.8 Å². The van der Waals surface area contributed by atoms with Crippen molar-refractivity contribution in [3.05, 3.63) is 63.0 Å². The zero-order valence-corrected chi connectivity index (χ0v) is 18.6. The van der Waals surface area contributed by atoms with Gasteiger partial charge in [0.05, 0.1) is 26.0 Å². The first kappa shape index (κ1) is 21.4. The van der Waals surface area contributed by atoms with E-state index >= 15 is 0 Å². The minimum absolute atomic E-state index is 0.103. The van der Waals surface area contributed by atoms with E-state index in [1.54, 1.807) is 4.57 Å². The quantitative estimate of drug-likeness (QED) is 0.602. The molecule has 0 unspecified atom stereocenters. The van der Waals surface area contributed by atoms with Crippen LogP contribution in [0.2, 0.25) is 10.0 Å². The minimum atomic E-state index is -3.60. The minimum Gasteiger partial charge on any atom is -0.306 e. The zero-order chi connectivity index (χ0) is 21.3. The van der Waals surface area contributed by atoms with E-state index in [0.29, 0.717) is 37.7 Å². The molecule has 2 aromatic carbocycles. The third-order valence-corrected chi connectivity index (χ3v) is 8.03. The highest BCUT2D eigenvalue weighted by Gasteiger charge is 2.28. The van der Waals surface area contributed by atoms with E-state index in [9.17, 15) is 13.2 Å². The summed E-state index contributed by atoms with van der Waals surface area (Å²) >= 11 is 11.9. The van der Waals surface area contributed by atoms with Crippen LogP contribution in [0.3, 0.4) is 0 Å². The van der Waals surface area contributed by atoms with Crippen molar-refractivity contribution < 1.29 is 8.42 Å². The van der Waals surface area contributed by atoms with Gasteiger partial charge in [0.2, 0.25) is 10.0 Å². The Morgan fingerprint density at radius 2 is 1.67 bits per heavy atom. The molecule has 0 spiro atoms. The predicted octanol–water partition coefficient (Wildman–Crippen LogP) is 3.03. The van der Waals surface area contributed by atoms with Crippen molar-refractivity contribution in [2.75, 3.05) is 32.7 Å². The summed E-state index contributed by atoms with van der Waals surface area (Å²) in [5.74, 6) is 0. The number of aromatic nitrogens is 2. The monoisotopic (exact) mass is 468 g/mol. The molecule has 0 atom stereocenters. The first-order chi connectivity index (χ1) is 14.4. The molecule has 7 nitrogen and oxygen atoms in total. The number of sulfonamides is 1. The molecule has 0 amide bonds. The molecular weight excluding hydrogens is 447 g/mol. The molecule has 30 heavy (non-hydrogen) atoms. The lowest BCUT2D eigenvalue weighted by molar-refractivity contribution is 0.184. The number of nitrogens with one attached hydrogen (secondary N) is 1. The number of hydrogen-bond donors (Lipinski definition) is 1. The van der Waals surface area contributed by atoms with Gasteiger partial charge in [0.15, 0.2) is 0 Å². The van der Waals surface area contributed by atoms with E-state index in [2.05, 4.69) is 9.88 Å². The number of fused-ring (bicyclic) bond motifs is 1. The Hall–Kier alpha value is -1.84. The Bertz CT molecular complexity index is 1210. The van der Waals surface area contributed by atoms with Gasteiger partial charge >= 0.3 is 5.69 Å². The second-order valence-electron chi connectivity index (χ2n) is 7.27. The van der Waals surface area contributed by atoms with Crippen molar-refractivity contribution in [2.45, 2.75) is 17.9 Å². The van der Waals surface area contributed by atoms with E-state index in [4.69, 9.17) is 23.2 Å². The first-order valence-electron chi connectivity index (χ1n) is 9.71. The van der Waals surface area contributed by atoms with Crippen molar-refractivity contribution in [2.24, 2.45) is 0 Å². The van der Waals surface area contributed by atoms with Crippen molar-refractivity contribution >= 4 is 44.3 Å². The van der Waals surface area contributed by atoms with Crippen molar-refractivity contribution in [3.63, 3.8) is 0 Å². The number of hydrogen-bond acceptors (Lipinski definition) is 4. The topological polar surface area (TPSA) is 78.4 Å². The number of rotatable bonds is 6. The summed E-state index contributed by atoms with van der Waals surface area (Å²) < 4.78 is 28.9. The maximum Gasteiger partial charge on any atom is 0.326 e. The largest absolute Gasteiger partial charge is 0.326 e. The maximum absolute atomic E-state index is 12.9. The van der Waals surface area contributed by atoms with Gasteiger partial charge in [-0.05, 0) is 43.3 Å². The Balaban J connectivity index is 1.33. The summed E-state index contributed by atoms with van der Waals surface area (Å²) in [6.07, 6.45) is 0.807. The van der Waals surface area contributed by atoms with Crippen LogP contribution >= 0.6 is 23.2 Å². The average Bonchev–Trinajstić information content (AvgIpc) is 3.05. The molecular formula is C20H22Cl2N4O3S. The van der Waals surface area contributed by atoms with Gasteiger partial charge in [0, 0.05) is 32.7 Å². The van der Waals surface area contributed by atoms with Crippen LogP contribution in [-0.4, -0.2) is 59.9 Å². The van der Waals surface area contributed by atoms with Crippen LogP contribution in [-0.2, 0) is 16.6 Å². The number of halogens is 2. The molecule has 2 heterocycles. The number of piperazine rings is 1. The van der Waals surface area contributed by atoms with Crippen molar-refractivity contribution in [3.8, 4) is 0 Å². The lowest BCUT2D eigenvalue weighted by Crippen LogP contribution is -2.48. The Kier molecular flexibility index (Phi) is 6.22. The SMILES string of the molecule is O=c1[nH]c2ccccc2n1CCCN1CCN(S(=O)(=O)c2ccc(Cl)c(Cl)c2)CC1. The van der Waals surface area contributed by atoms with Gasteiger partial charge in [-0.15, -0.1) is 0 Å². The Morgan fingerprint density at radius 1 is 0.933 bits per heavy atom. The van der Waals surface area contributed by atoms with Gasteiger partial charge in [-0.25, -0.2) is 13.2 Å². The van der Waals surface area contributed by atoms with Crippen LogP contribution in [0.5, 0.6) is 0 Å². The molecule has 1 saturated heterocycles. The van der Waals surface area contributed by atoms with E-state index < -0.39 is 10.0 Å². The highest BCUT2D eigenvalue weighted by atomic mass is 35.5. The molecule has 160 valence electrons. The molecule has 4 rings (SSSR count). The first-order valence-corrected chi connectivity index (χ1v) is 11.9. The normalized spacial score (nSPS) is 16.3. The molecule has 0 radical (unpaired) electrons. The number of imidazole rings is 1. The van der Waals surface area contributed by atoms with Gasteiger partial charge in [-0.3, -0.25) is 4.57 Å². The summed E-state index contributed by atoms with van der Waals surface area (Å²) in [6, 6.07) is 12.0. The smallest absolute Gasteiger partial charge is 0.306 e. The molecule has 1 aliphatic heterocycles. The van der Waals surface area contributed by atoms with Crippen LogP contribution in [0.1, 0.15) is 6.42 Å². The fourth-order valence-corrected chi connectivity index (χ4v) is 5.57. The Morgan fingerprint density at radius 3 is 2.40 bits per heavy atom. The highest BCUT2D eigenvalue weighted by Crippen LogP contribution is 2.27. The average molecular weight is 469 g/mol. The highest BCUT2D eigenvalue weighted by molar-refractivity contribution is 7.89. The van der Waals surface area contributed by atoms with Gasteiger partial charge in [-0.1, -0.05) is 35.3 Å². The fraction of sp³-hybridized carbons (Fsp3) is 0.350. The summed E-state index contributed by atoms with van der Waals surface area (Å²) in [7, 11) is -3.60. The van der Waals surface area contributed by atoms with Crippen LogP contribution in [0.15, 0.2) is 52.2 Å². The summed E-state index contributed by atoms with van der Waals surface area (Å²) in [4.78, 5) is 17.4. The molecule has 0 bridgehead atoms. The maximum atomic E-state index is 12.9. The summed E-state index contributed by atoms with van der Waals surface area (Å²) in [6.45, 7) is 3.52. The fourth-order valence-electron chi connectivity index (χ4n) is 3.76. The number of aryl methyl sites for hydroxylation is 1. The number of aromatic amines is 1. The van der Waals surface area contributed by atoms with Gasteiger partial charge in [-0.2, -0.15) is 4.31 Å². The standard InChI is InChI=1S/C20H22Cl2N4O3S/c21-16-7-6-15(14-17(16)22)30(28,29)25-12-10-24(11-13-25)8-3-9-26-19-5-2-1-4-18(19)23-20(26)27/h1-2,4-7,14H,3,8-13H2,(H,23,27). The lowest BCUT2D eigenvalue weighted by atomic mass is 10.3. The lowest BCUT2D eigenvalue weighted by Gasteiger charge is -2.34. The zero-order valence-electron chi connectivity index (χ0n) is 16.2. The molecule has 1 N–H and O–H groups in total. The predicted molar refractivity (Wildman–Crippen MR) is 119 cm³/mol. The summed E-state index contributed by atoms with van der Waals surface area (Å²) in [5.41, 5.74) is 1.64.